The number of furan rings is 1. The van der Waals surface area contributed by atoms with E-state index in [9.17, 15) is 9.59 Å². The first kappa shape index (κ1) is 14.6. The number of rotatable bonds is 5. The summed E-state index contributed by atoms with van der Waals surface area (Å²) in [6.07, 6.45) is 4.14. The van der Waals surface area contributed by atoms with Crippen LogP contribution in [0.2, 0.25) is 0 Å². The highest BCUT2D eigenvalue weighted by Crippen LogP contribution is 2.47. The van der Waals surface area contributed by atoms with Gasteiger partial charge in [-0.15, -0.1) is 0 Å². The molecule has 2 aromatic rings. The van der Waals surface area contributed by atoms with Crippen molar-refractivity contribution in [3.63, 3.8) is 0 Å². The monoisotopic (exact) mass is 301 g/mol. The maximum absolute atomic E-state index is 12.2. The van der Waals surface area contributed by atoms with E-state index in [1.54, 1.807) is 24.2 Å². The summed E-state index contributed by atoms with van der Waals surface area (Å²) in [5.41, 5.74) is -0.424. The lowest BCUT2D eigenvalue weighted by Gasteiger charge is -2.16. The molecule has 2 heterocycles. The predicted molar refractivity (Wildman–Crippen MR) is 80.2 cm³/mol. The predicted octanol–water partition coefficient (Wildman–Crippen LogP) is 1.62. The Kier molecular flexibility index (Phi) is 3.83. The molecule has 6 nitrogen and oxygen atoms in total. The maximum Gasteiger partial charge on any atom is 0.347 e. The zero-order valence-electron chi connectivity index (χ0n) is 12.7. The highest BCUT2D eigenvalue weighted by Gasteiger charge is 2.36. The fourth-order valence-corrected chi connectivity index (χ4v) is 2.49. The van der Waals surface area contributed by atoms with Gasteiger partial charge in [0.05, 0.1) is 6.54 Å². The van der Waals surface area contributed by atoms with Crippen molar-refractivity contribution in [2.75, 3.05) is 7.05 Å². The van der Waals surface area contributed by atoms with Crippen molar-refractivity contribution in [2.24, 2.45) is 5.92 Å². The Morgan fingerprint density at radius 3 is 2.95 bits per heavy atom. The first-order valence-corrected chi connectivity index (χ1v) is 7.38. The van der Waals surface area contributed by atoms with Gasteiger partial charge in [0, 0.05) is 25.4 Å². The number of hydrogen-bond donors (Lipinski definition) is 0. The Morgan fingerprint density at radius 2 is 2.27 bits per heavy atom. The largest absolute Gasteiger partial charge is 0.464 e. The van der Waals surface area contributed by atoms with Crippen molar-refractivity contribution in [3.8, 4) is 0 Å². The van der Waals surface area contributed by atoms with Crippen LogP contribution in [-0.4, -0.2) is 27.4 Å². The lowest BCUT2D eigenvalue weighted by atomic mass is 10.3. The standard InChI is InChI=1S/C16H19N3O3/c1-11-8-13(11)14-5-4-12(22-14)9-18(2)15(20)10-19-7-3-6-17-16(19)21/h3-7,11,13H,8-10H2,1-2H3. The van der Waals surface area contributed by atoms with Gasteiger partial charge in [0.2, 0.25) is 5.91 Å². The summed E-state index contributed by atoms with van der Waals surface area (Å²) in [6, 6.07) is 5.54. The zero-order valence-corrected chi connectivity index (χ0v) is 12.7. The van der Waals surface area contributed by atoms with Gasteiger partial charge in [0.1, 0.15) is 18.1 Å². The zero-order chi connectivity index (χ0) is 15.7. The average molecular weight is 301 g/mol. The van der Waals surface area contributed by atoms with Gasteiger partial charge in [-0.05, 0) is 30.5 Å². The van der Waals surface area contributed by atoms with Crippen molar-refractivity contribution in [2.45, 2.75) is 32.4 Å². The van der Waals surface area contributed by atoms with Crippen LogP contribution in [0.3, 0.4) is 0 Å². The second-order valence-corrected chi connectivity index (χ2v) is 5.90. The SMILES string of the molecule is CC1CC1c1ccc(CN(C)C(=O)Cn2cccnc2=O)o1. The third kappa shape index (κ3) is 3.10. The number of likely N-dealkylation sites (N-methyl/N-ethyl adjacent to an activating group) is 1. The Hall–Kier alpha value is -2.37. The van der Waals surface area contributed by atoms with Crippen LogP contribution in [0.15, 0.2) is 39.8 Å². The molecule has 0 bridgehead atoms. The third-order valence-electron chi connectivity index (χ3n) is 4.06. The maximum atomic E-state index is 12.2. The van der Waals surface area contributed by atoms with E-state index in [1.165, 1.54) is 17.2 Å². The average Bonchev–Trinajstić information content (AvgIpc) is 3.04. The Bertz CT molecular complexity index is 734. The van der Waals surface area contributed by atoms with Gasteiger partial charge in [-0.1, -0.05) is 6.92 Å². The molecule has 0 aromatic carbocycles. The summed E-state index contributed by atoms with van der Waals surface area (Å²) in [6.45, 7) is 2.58. The molecule has 1 saturated carbocycles. The number of amides is 1. The van der Waals surface area contributed by atoms with E-state index in [4.69, 9.17) is 4.42 Å². The molecule has 0 N–H and O–H groups in total. The summed E-state index contributed by atoms with van der Waals surface area (Å²) < 4.78 is 7.09. The van der Waals surface area contributed by atoms with Gasteiger partial charge in [-0.25, -0.2) is 9.78 Å². The van der Waals surface area contributed by atoms with Gasteiger partial charge >= 0.3 is 5.69 Å². The second-order valence-electron chi connectivity index (χ2n) is 5.90. The van der Waals surface area contributed by atoms with Crippen molar-refractivity contribution in [1.29, 1.82) is 0 Å². The molecule has 6 heteroatoms. The molecule has 1 fully saturated rings. The summed E-state index contributed by atoms with van der Waals surface area (Å²) in [7, 11) is 1.70. The van der Waals surface area contributed by atoms with E-state index in [2.05, 4.69) is 11.9 Å². The Balaban J connectivity index is 1.60. The summed E-state index contributed by atoms with van der Waals surface area (Å²) >= 11 is 0. The van der Waals surface area contributed by atoms with E-state index in [-0.39, 0.29) is 12.5 Å². The van der Waals surface area contributed by atoms with Crippen LogP contribution in [-0.2, 0) is 17.9 Å². The third-order valence-corrected chi connectivity index (χ3v) is 4.06. The summed E-state index contributed by atoms with van der Waals surface area (Å²) in [5.74, 6) is 2.84. The van der Waals surface area contributed by atoms with Crippen LogP contribution in [0.4, 0.5) is 0 Å². The molecular weight excluding hydrogens is 282 g/mol. The van der Waals surface area contributed by atoms with Crippen LogP contribution in [0, 0.1) is 5.92 Å². The Morgan fingerprint density at radius 1 is 1.50 bits per heavy atom. The molecule has 2 aromatic heterocycles. The van der Waals surface area contributed by atoms with E-state index in [1.807, 2.05) is 12.1 Å². The highest BCUT2D eigenvalue weighted by molar-refractivity contribution is 5.75. The number of carbonyl (C=O) groups is 1. The summed E-state index contributed by atoms with van der Waals surface area (Å²) in [5, 5.41) is 0. The molecule has 0 aliphatic heterocycles. The van der Waals surface area contributed by atoms with Crippen LogP contribution < -0.4 is 5.69 Å². The first-order valence-electron chi connectivity index (χ1n) is 7.38. The molecule has 0 spiro atoms. The molecule has 0 saturated heterocycles. The molecule has 0 radical (unpaired) electrons. The molecule has 1 aliphatic carbocycles. The van der Waals surface area contributed by atoms with Crippen molar-refractivity contribution >= 4 is 5.91 Å². The summed E-state index contributed by atoms with van der Waals surface area (Å²) in [4.78, 5) is 28.9. The van der Waals surface area contributed by atoms with Crippen molar-refractivity contribution < 1.29 is 9.21 Å². The fraction of sp³-hybridized carbons (Fsp3) is 0.438. The molecule has 22 heavy (non-hydrogen) atoms. The number of aromatic nitrogens is 2. The topological polar surface area (TPSA) is 68.3 Å². The van der Waals surface area contributed by atoms with E-state index in [0.717, 1.165) is 11.5 Å². The van der Waals surface area contributed by atoms with Gasteiger partial charge < -0.3 is 9.32 Å². The molecule has 2 unspecified atom stereocenters. The number of carbonyl (C=O) groups excluding carboxylic acids is 1. The van der Waals surface area contributed by atoms with Gasteiger partial charge in [0.25, 0.3) is 0 Å². The minimum Gasteiger partial charge on any atom is -0.464 e. The second kappa shape index (κ2) is 5.79. The molecule has 116 valence electrons. The molecular formula is C16H19N3O3. The number of nitrogens with zero attached hydrogens (tertiary/aromatic N) is 3. The quantitative estimate of drug-likeness (QED) is 0.841. The molecule has 3 rings (SSSR count). The highest BCUT2D eigenvalue weighted by atomic mass is 16.3. The van der Waals surface area contributed by atoms with Gasteiger partial charge in [-0.3, -0.25) is 9.36 Å². The van der Waals surface area contributed by atoms with Crippen LogP contribution in [0.1, 0.15) is 30.8 Å². The van der Waals surface area contributed by atoms with Gasteiger partial charge in [0.15, 0.2) is 0 Å². The minimum absolute atomic E-state index is 0.0175. The number of hydrogen-bond acceptors (Lipinski definition) is 4. The van der Waals surface area contributed by atoms with Gasteiger partial charge in [-0.2, -0.15) is 0 Å². The van der Waals surface area contributed by atoms with Crippen molar-refractivity contribution in [3.05, 3.63) is 52.6 Å². The molecule has 2 atom stereocenters. The van der Waals surface area contributed by atoms with Crippen LogP contribution >= 0.6 is 0 Å². The smallest absolute Gasteiger partial charge is 0.347 e. The lowest BCUT2D eigenvalue weighted by molar-refractivity contribution is -0.131. The molecule has 1 amide bonds. The fourth-order valence-electron chi connectivity index (χ4n) is 2.49. The van der Waals surface area contributed by atoms with Crippen molar-refractivity contribution in [1.82, 2.24) is 14.5 Å². The van der Waals surface area contributed by atoms with E-state index in [0.29, 0.717) is 18.4 Å². The first-order chi connectivity index (χ1) is 10.5. The van der Waals surface area contributed by atoms with Crippen LogP contribution in [0.25, 0.3) is 0 Å². The molecule has 1 aliphatic rings. The lowest BCUT2D eigenvalue weighted by Crippen LogP contribution is -2.33. The Labute approximate surface area is 128 Å². The van der Waals surface area contributed by atoms with Crippen LogP contribution in [0.5, 0.6) is 0 Å². The minimum atomic E-state index is -0.424. The van der Waals surface area contributed by atoms with E-state index >= 15 is 0 Å². The normalized spacial score (nSPS) is 19.9. The van der Waals surface area contributed by atoms with E-state index < -0.39 is 5.69 Å².